The van der Waals surface area contributed by atoms with Gasteiger partial charge in [0.25, 0.3) is 0 Å². The van der Waals surface area contributed by atoms with Crippen molar-refractivity contribution in [2.45, 2.75) is 32.6 Å². The Balaban J connectivity index is 1.51. The summed E-state index contributed by atoms with van der Waals surface area (Å²) in [5.74, 6) is -0.180. The maximum atomic E-state index is 13.6. The van der Waals surface area contributed by atoms with Gasteiger partial charge >= 0.3 is 0 Å². The number of nitrogens with one attached hydrogen (secondary N) is 1. The fourth-order valence-corrected chi connectivity index (χ4v) is 5.62. The molecule has 0 amide bonds. The second-order valence-corrected chi connectivity index (χ2v) is 10.0. The van der Waals surface area contributed by atoms with Gasteiger partial charge in [0.1, 0.15) is 0 Å². The van der Waals surface area contributed by atoms with Crippen LogP contribution in [0.25, 0.3) is 16.8 Å². The number of benzene rings is 3. The lowest BCUT2D eigenvalue weighted by Gasteiger charge is -2.39. The maximum Gasteiger partial charge on any atom is 0.192 e. The van der Waals surface area contributed by atoms with Crippen LogP contribution in [0, 0.1) is 5.41 Å². The number of Topliss-reactive ketones (excluding diaryl/α,β-unsaturated/α-hetero) is 2. The van der Waals surface area contributed by atoms with Crippen molar-refractivity contribution in [3.05, 3.63) is 112 Å². The van der Waals surface area contributed by atoms with Gasteiger partial charge in [-0.25, -0.2) is 0 Å². The molecule has 1 atom stereocenters. The first-order valence-electron chi connectivity index (χ1n) is 11.5. The van der Waals surface area contributed by atoms with Gasteiger partial charge in [-0.05, 0) is 28.5 Å². The summed E-state index contributed by atoms with van der Waals surface area (Å²) >= 11 is 0. The molecule has 3 aromatic carbocycles. The SMILES string of the molecule is CC1(C)CC(=O)C2=C(C1)NC1=C(C(=O)c3ccccc31)[C@@H]2c1ccc(-c2ccccc2)cc1. The lowest BCUT2D eigenvalue weighted by molar-refractivity contribution is -0.118. The average Bonchev–Trinajstić information content (AvgIpc) is 3.10. The van der Waals surface area contributed by atoms with Crippen molar-refractivity contribution in [3.8, 4) is 11.1 Å². The number of hydrogen-bond donors (Lipinski definition) is 1. The van der Waals surface area contributed by atoms with Crippen molar-refractivity contribution in [1.82, 2.24) is 5.32 Å². The molecule has 1 aliphatic heterocycles. The van der Waals surface area contributed by atoms with E-state index in [2.05, 4.69) is 55.6 Å². The third-order valence-corrected chi connectivity index (χ3v) is 7.08. The summed E-state index contributed by atoms with van der Waals surface area (Å²) in [6.45, 7) is 4.27. The average molecular weight is 432 g/mol. The summed E-state index contributed by atoms with van der Waals surface area (Å²) in [4.78, 5) is 27.0. The molecule has 162 valence electrons. The predicted molar refractivity (Wildman–Crippen MR) is 130 cm³/mol. The number of ketones is 2. The van der Waals surface area contributed by atoms with Crippen LogP contribution in [0.3, 0.4) is 0 Å². The van der Waals surface area contributed by atoms with E-state index in [1.54, 1.807) is 0 Å². The molecule has 1 heterocycles. The summed E-state index contributed by atoms with van der Waals surface area (Å²) in [6, 6.07) is 26.3. The van der Waals surface area contributed by atoms with Crippen molar-refractivity contribution in [3.63, 3.8) is 0 Å². The molecule has 0 saturated heterocycles. The number of dihydropyridines is 1. The van der Waals surface area contributed by atoms with Gasteiger partial charge in [0.15, 0.2) is 11.6 Å². The van der Waals surface area contributed by atoms with Crippen LogP contribution in [0.2, 0.25) is 0 Å². The zero-order chi connectivity index (χ0) is 22.7. The smallest absolute Gasteiger partial charge is 0.192 e. The van der Waals surface area contributed by atoms with E-state index < -0.39 is 0 Å². The number of rotatable bonds is 2. The molecule has 3 heteroatoms. The molecule has 0 unspecified atom stereocenters. The molecule has 3 aromatic rings. The van der Waals surface area contributed by atoms with Crippen LogP contribution in [-0.4, -0.2) is 11.6 Å². The van der Waals surface area contributed by atoms with E-state index in [9.17, 15) is 9.59 Å². The Kier molecular flexibility index (Phi) is 4.31. The van der Waals surface area contributed by atoms with E-state index in [-0.39, 0.29) is 22.9 Å². The molecule has 0 fully saturated rings. The maximum absolute atomic E-state index is 13.6. The Morgan fingerprint density at radius 2 is 1.36 bits per heavy atom. The second kappa shape index (κ2) is 7.14. The molecular formula is C30H25NO2. The molecule has 3 aliphatic rings. The van der Waals surface area contributed by atoms with Gasteiger partial charge in [-0.2, -0.15) is 0 Å². The summed E-state index contributed by atoms with van der Waals surface area (Å²) in [7, 11) is 0. The largest absolute Gasteiger partial charge is 0.358 e. The number of carbonyl (C=O) groups is 2. The van der Waals surface area contributed by atoms with Gasteiger partial charge in [0.2, 0.25) is 0 Å². The molecule has 3 nitrogen and oxygen atoms in total. The minimum Gasteiger partial charge on any atom is -0.358 e. The van der Waals surface area contributed by atoms with E-state index in [0.717, 1.165) is 45.6 Å². The highest BCUT2D eigenvalue weighted by Gasteiger charge is 2.46. The first-order chi connectivity index (χ1) is 15.9. The monoisotopic (exact) mass is 431 g/mol. The van der Waals surface area contributed by atoms with Crippen molar-refractivity contribution in [2.75, 3.05) is 0 Å². The van der Waals surface area contributed by atoms with E-state index in [1.165, 1.54) is 0 Å². The molecule has 0 radical (unpaired) electrons. The lowest BCUT2D eigenvalue weighted by atomic mass is 9.68. The van der Waals surface area contributed by atoms with Gasteiger partial charge in [0, 0.05) is 40.3 Å². The van der Waals surface area contributed by atoms with E-state index >= 15 is 0 Å². The Morgan fingerprint density at radius 1 is 0.727 bits per heavy atom. The standard InChI is InChI=1S/C30H25NO2/c1-30(2)16-23-26(24(32)17-30)25(20-14-12-19(13-15-20)18-8-4-3-5-9-18)27-28(31-23)21-10-6-7-11-22(21)29(27)33/h3-15,25,31H,16-17H2,1-2H3/t25-/m1/s1. The third kappa shape index (κ3) is 3.11. The van der Waals surface area contributed by atoms with Gasteiger partial charge < -0.3 is 5.32 Å². The minimum absolute atomic E-state index is 0.0226. The Bertz CT molecular complexity index is 1370. The van der Waals surface area contributed by atoms with E-state index in [1.807, 2.05) is 42.5 Å². The van der Waals surface area contributed by atoms with Gasteiger partial charge in [-0.15, -0.1) is 0 Å². The fourth-order valence-electron chi connectivity index (χ4n) is 5.62. The summed E-state index contributed by atoms with van der Waals surface area (Å²) < 4.78 is 0. The van der Waals surface area contributed by atoms with Crippen LogP contribution in [0.1, 0.15) is 54.1 Å². The third-order valence-electron chi connectivity index (χ3n) is 7.08. The first kappa shape index (κ1) is 19.9. The van der Waals surface area contributed by atoms with Crippen LogP contribution in [0.4, 0.5) is 0 Å². The first-order valence-corrected chi connectivity index (χ1v) is 11.5. The van der Waals surface area contributed by atoms with Gasteiger partial charge in [-0.1, -0.05) is 92.7 Å². The predicted octanol–water partition coefficient (Wildman–Crippen LogP) is 6.29. The second-order valence-electron chi connectivity index (χ2n) is 10.0. The van der Waals surface area contributed by atoms with Crippen molar-refractivity contribution >= 4 is 17.3 Å². The number of allylic oxidation sites excluding steroid dienone is 3. The molecule has 0 spiro atoms. The molecule has 2 aliphatic carbocycles. The summed E-state index contributed by atoms with van der Waals surface area (Å²) in [5.41, 5.74) is 8.11. The fraction of sp³-hybridized carbons (Fsp3) is 0.200. The summed E-state index contributed by atoms with van der Waals surface area (Å²) in [6.07, 6.45) is 1.29. The highest BCUT2D eigenvalue weighted by Crippen LogP contribution is 2.51. The topological polar surface area (TPSA) is 46.2 Å². The summed E-state index contributed by atoms with van der Waals surface area (Å²) in [5, 5.41) is 3.54. The van der Waals surface area contributed by atoms with E-state index in [4.69, 9.17) is 0 Å². The number of fused-ring (bicyclic) bond motifs is 2. The molecule has 33 heavy (non-hydrogen) atoms. The van der Waals surface area contributed by atoms with Crippen LogP contribution in [-0.2, 0) is 4.79 Å². The quantitative estimate of drug-likeness (QED) is 0.519. The van der Waals surface area contributed by atoms with Crippen LogP contribution in [0.5, 0.6) is 0 Å². The number of hydrogen-bond acceptors (Lipinski definition) is 3. The van der Waals surface area contributed by atoms with Crippen LogP contribution < -0.4 is 5.32 Å². The van der Waals surface area contributed by atoms with Crippen LogP contribution in [0.15, 0.2) is 95.7 Å². The van der Waals surface area contributed by atoms with Crippen molar-refractivity contribution in [1.29, 1.82) is 0 Å². The Labute approximate surface area is 193 Å². The van der Waals surface area contributed by atoms with E-state index in [0.29, 0.717) is 17.6 Å². The van der Waals surface area contributed by atoms with Crippen molar-refractivity contribution < 1.29 is 9.59 Å². The van der Waals surface area contributed by atoms with Crippen LogP contribution >= 0.6 is 0 Å². The molecule has 0 aromatic heterocycles. The molecule has 0 saturated carbocycles. The number of carbonyl (C=O) groups excluding carboxylic acids is 2. The highest BCUT2D eigenvalue weighted by atomic mass is 16.1. The van der Waals surface area contributed by atoms with Gasteiger partial charge in [0.05, 0.1) is 5.70 Å². The molecular weight excluding hydrogens is 406 g/mol. The highest BCUT2D eigenvalue weighted by molar-refractivity contribution is 6.23. The molecule has 1 N–H and O–H groups in total. The molecule has 6 rings (SSSR count). The van der Waals surface area contributed by atoms with Gasteiger partial charge in [-0.3, -0.25) is 9.59 Å². The normalized spacial score (nSPS) is 20.8. The Morgan fingerprint density at radius 3 is 2.09 bits per heavy atom. The van der Waals surface area contributed by atoms with Crippen molar-refractivity contribution in [2.24, 2.45) is 5.41 Å². The minimum atomic E-state index is -0.343. The lowest BCUT2D eigenvalue weighted by Crippen LogP contribution is -2.37. The molecule has 0 bridgehead atoms. The Hall–Kier alpha value is -3.72. The zero-order valence-corrected chi connectivity index (χ0v) is 18.8. The zero-order valence-electron chi connectivity index (χ0n) is 18.8.